The molecule has 2 rings (SSSR count). The molecule has 3 nitrogen and oxygen atoms in total. The summed E-state index contributed by atoms with van der Waals surface area (Å²) < 4.78 is 10.4. The SMILES string of the molecule is COC(CNC(C)c1ccc2c(c1)CCCC2)OC. The Morgan fingerprint density at radius 3 is 2.47 bits per heavy atom. The lowest BCUT2D eigenvalue weighted by Crippen LogP contribution is -2.31. The number of hydrogen-bond donors (Lipinski definition) is 1. The number of methoxy groups -OCH3 is 2. The summed E-state index contributed by atoms with van der Waals surface area (Å²) in [5.41, 5.74) is 4.42. The summed E-state index contributed by atoms with van der Waals surface area (Å²) in [5, 5.41) is 3.46. The third kappa shape index (κ3) is 3.78. The van der Waals surface area contributed by atoms with Gasteiger partial charge in [-0.15, -0.1) is 0 Å². The lowest BCUT2D eigenvalue weighted by molar-refractivity contribution is -0.0997. The van der Waals surface area contributed by atoms with Crippen LogP contribution in [0.15, 0.2) is 18.2 Å². The molecule has 0 saturated carbocycles. The molecule has 0 fully saturated rings. The standard InChI is InChI=1S/C16H25NO2/c1-12(17-11-16(18-2)19-3)14-9-8-13-6-4-5-7-15(13)10-14/h8-10,12,16-17H,4-7,11H2,1-3H3. The maximum absolute atomic E-state index is 5.19. The van der Waals surface area contributed by atoms with Gasteiger partial charge in [0.25, 0.3) is 0 Å². The summed E-state index contributed by atoms with van der Waals surface area (Å²) in [7, 11) is 3.33. The Bertz CT molecular complexity index is 402. The second-order valence-corrected chi connectivity index (χ2v) is 5.27. The highest BCUT2D eigenvalue weighted by atomic mass is 16.7. The first-order valence-electron chi connectivity index (χ1n) is 7.15. The van der Waals surface area contributed by atoms with Crippen LogP contribution in [0, 0.1) is 0 Å². The van der Waals surface area contributed by atoms with E-state index in [0.717, 1.165) is 0 Å². The molecule has 1 aromatic carbocycles. The van der Waals surface area contributed by atoms with Gasteiger partial charge in [0.1, 0.15) is 0 Å². The normalized spacial score (nSPS) is 16.4. The van der Waals surface area contributed by atoms with Crippen LogP contribution in [0.5, 0.6) is 0 Å². The molecule has 0 aliphatic heterocycles. The first-order chi connectivity index (χ1) is 9.24. The fourth-order valence-electron chi connectivity index (χ4n) is 2.68. The van der Waals surface area contributed by atoms with Crippen LogP contribution in [0.2, 0.25) is 0 Å². The van der Waals surface area contributed by atoms with E-state index in [2.05, 4.69) is 30.4 Å². The van der Waals surface area contributed by atoms with E-state index in [1.807, 2.05) is 0 Å². The van der Waals surface area contributed by atoms with Crippen LogP contribution in [0.1, 0.15) is 42.5 Å². The van der Waals surface area contributed by atoms with Crippen molar-refractivity contribution in [3.63, 3.8) is 0 Å². The van der Waals surface area contributed by atoms with Crippen LogP contribution in [-0.4, -0.2) is 27.1 Å². The molecule has 0 aromatic heterocycles. The molecule has 0 bridgehead atoms. The average Bonchev–Trinajstić information content (AvgIpc) is 2.47. The molecule has 1 N–H and O–H groups in total. The van der Waals surface area contributed by atoms with E-state index in [4.69, 9.17) is 9.47 Å². The van der Waals surface area contributed by atoms with E-state index in [9.17, 15) is 0 Å². The summed E-state index contributed by atoms with van der Waals surface area (Å²) in [6.45, 7) is 2.89. The van der Waals surface area contributed by atoms with Crippen LogP contribution in [-0.2, 0) is 22.3 Å². The Morgan fingerprint density at radius 2 is 1.79 bits per heavy atom. The molecule has 1 aromatic rings. The largest absolute Gasteiger partial charge is 0.355 e. The van der Waals surface area contributed by atoms with Gasteiger partial charge in [-0.3, -0.25) is 0 Å². The van der Waals surface area contributed by atoms with Crippen LogP contribution in [0.3, 0.4) is 0 Å². The number of aryl methyl sites for hydroxylation is 2. The summed E-state index contributed by atoms with van der Waals surface area (Å²) >= 11 is 0. The zero-order valence-corrected chi connectivity index (χ0v) is 12.2. The first-order valence-corrected chi connectivity index (χ1v) is 7.15. The third-order valence-corrected chi connectivity index (χ3v) is 3.99. The fraction of sp³-hybridized carbons (Fsp3) is 0.625. The van der Waals surface area contributed by atoms with E-state index in [1.165, 1.54) is 42.4 Å². The van der Waals surface area contributed by atoms with Crippen molar-refractivity contribution < 1.29 is 9.47 Å². The van der Waals surface area contributed by atoms with Gasteiger partial charge in [-0.05, 0) is 49.3 Å². The van der Waals surface area contributed by atoms with Gasteiger partial charge in [0.15, 0.2) is 6.29 Å². The quantitative estimate of drug-likeness (QED) is 0.801. The Hall–Kier alpha value is -0.900. The Balaban J connectivity index is 1.97. The van der Waals surface area contributed by atoms with Gasteiger partial charge < -0.3 is 14.8 Å². The summed E-state index contributed by atoms with van der Waals surface area (Å²) in [4.78, 5) is 0. The van der Waals surface area contributed by atoms with Crippen molar-refractivity contribution in [2.24, 2.45) is 0 Å². The number of nitrogens with one attached hydrogen (secondary N) is 1. The molecule has 0 spiro atoms. The molecule has 1 atom stereocenters. The van der Waals surface area contributed by atoms with Crippen molar-refractivity contribution in [3.8, 4) is 0 Å². The molecular formula is C16H25NO2. The zero-order chi connectivity index (χ0) is 13.7. The Morgan fingerprint density at radius 1 is 1.11 bits per heavy atom. The van der Waals surface area contributed by atoms with E-state index in [0.29, 0.717) is 12.6 Å². The minimum absolute atomic E-state index is 0.180. The van der Waals surface area contributed by atoms with Gasteiger partial charge in [-0.25, -0.2) is 0 Å². The van der Waals surface area contributed by atoms with E-state index >= 15 is 0 Å². The molecule has 0 heterocycles. The minimum Gasteiger partial charge on any atom is -0.355 e. The van der Waals surface area contributed by atoms with Crippen molar-refractivity contribution in [2.75, 3.05) is 20.8 Å². The molecular weight excluding hydrogens is 238 g/mol. The predicted molar refractivity (Wildman–Crippen MR) is 77.3 cm³/mol. The topological polar surface area (TPSA) is 30.5 Å². The summed E-state index contributed by atoms with van der Waals surface area (Å²) in [5.74, 6) is 0. The zero-order valence-electron chi connectivity index (χ0n) is 12.2. The van der Waals surface area contributed by atoms with Crippen LogP contribution in [0.4, 0.5) is 0 Å². The maximum Gasteiger partial charge on any atom is 0.169 e. The highest BCUT2D eigenvalue weighted by molar-refractivity contribution is 5.35. The van der Waals surface area contributed by atoms with Gasteiger partial charge in [0.05, 0.1) is 0 Å². The highest BCUT2D eigenvalue weighted by Crippen LogP contribution is 2.24. The predicted octanol–water partition coefficient (Wildman–Crippen LogP) is 2.83. The molecule has 0 radical (unpaired) electrons. The van der Waals surface area contributed by atoms with Crippen molar-refractivity contribution in [2.45, 2.75) is 44.9 Å². The number of rotatable bonds is 6. The fourth-order valence-corrected chi connectivity index (χ4v) is 2.68. The molecule has 1 aliphatic carbocycles. The Labute approximate surface area is 116 Å². The number of ether oxygens (including phenoxy) is 2. The average molecular weight is 263 g/mol. The van der Waals surface area contributed by atoms with Crippen molar-refractivity contribution in [1.29, 1.82) is 0 Å². The third-order valence-electron chi connectivity index (χ3n) is 3.99. The monoisotopic (exact) mass is 263 g/mol. The molecule has 106 valence electrons. The number of fused-ring (bicyclic) bond motifs is 1. The molecule has 19 heavy (non-hydrogen) atoms. The molecule has 1 unspecified atom stereocenters. The van der Waals surface area contributed by atoms with Crippen LogP contribution >= 0.6 is 0 Å². The lowest BCUT2D eigenvalue weighted by Gasteiger charge is -2.21. The van der Waals surface area contributed by atoms with Crippen LogP contribution in [0.25, 0.3) is 0 Å². The van der Waals surface area contributed by atoms with Gasteiger partial charge in [-0.1, -0.05) is 18.2 Å². The van der Waals surface area contributed by atoms with E-state index in [-0.39, 0.29) is 6.29 Å². The highest BCUT2D eigenvalue weighted by Gasteiger charge is 2.13. The molecule has 0 amide bonds. The first kappa shape index (κ1) is 14.5. The van der Waals surface area contributed by atoms with Gasteiger partial charge in [0, 0.05) is 26.8 Å². The number of benzene rings is 1. The minimum atomic E-state index is -0.180. The molecule has 3 heteroatoms. The molecule has 0 saturated heterocycles. The summed E-state index contributed by atoms with van der Waals surface area (Å²) in [6, 6.07) is 7.23. The summed E-state index contributed by atoms with van der Waals surface area (Å²) in [6.07, 6.45) is 4.96. The van der Waals surface area contributed by atoms with Crippen LogP contribution < -0.4 is 5.32 Å². The van der Waals surface area contributed by atoms with Gasteiger partial charge in [-0.2, -0.15) is 0 Å². The van der Waals surface area contributed by atoms with E-state index < -0.39 is 0 Å². The lowest BCUT2D eigenvalue weighted by atomic mass is 9.89. The maximum atomic E-state index is 5.19. The Kier molecular flexibility index (Phi) is 5.37. The van der Waals surface area contributed by atoms with Gasteiger partial charge in [0.2, 0.25) is 0 Å². The second kappa shape index (κ2) is 7.04. The van der Waals surface area contributed by atoms with Crippen molar-refractivity contribution in [1.82, 2.24) is 5.32 Å². The van der Waals surface area contributed by atoms with Crippen molar-refractivity contribution >= 4 is 0 Å². The van der Waals surface area contributed by atoms with Gasteiger partial charge >= 0.3 is 0 Å². The molecule has 1 aliphatic rings. The number of hydrogen-bond acceptors (Lipinski definition) is 3. The van der Waals surface area contributed by atoms with E-state index in [1.54, 1.807) is 14.2 Å². The second-order valence-electron chi connectivity index (χ2n) is 5.27. The van der Waals surface area contributed by atoms with Crippen molar-refractivity contribution in [3.05, 3.63) is 34.9 Å². The smallest absolute Gasteiger partial charge is 0.169 e.